The van der Waals surface area contributed by atoms with E-state index in [2.05, 4.69) is 4.74 Å². The Hall–Kier alpha value is -2.65. The summed E-state index contributed by atoms with van der Waals surface area (Å²) in [5.41, 5.74) is 12.7. The highest BCUT2D eigenvalue weighted by Crippen LogP contribution is 2.28. The van der Waals surface area contributed by atoms with Crippen molar-refractivity contribution in [3.8, 4) is 11.8 Å². The number of nitrogens with zero attached hydrogens (tertiary/aromatic N) is 2. The van der Waals surface area contributed by atoms with Crippen LogP contribution in [0.5, 0.6) is 0 Å². The first-order valence-corrected chi connectivity index (χ1v) is 5.92. The molecule has 1 aromatic carbocycles. The molecular weight excluding hydrogens is 280 g/mol. The Labute approximate surface area is 120 Å². The third kappa shape index (κ3) is 2.15. The van der Waals surface area contributed by atoms with Gasteiger partial charge >= 0.3 is 5.97 Å². The third-order valence-corrected chi connectivity index (χ3v) is 3.13. The highest BCUT2D eigenvalue weighted by Gasteiger charge is 2.21. The molecule has 0 bridgehead atoms. The predicted molar refractivity (Wildman–Crippen MR) is 75.7 cm³/mol. The van der Waals surface area contributed by atoms with Crippen LogP contribution in [0.15, 0.2) is 24.4 Å². The van der Waals surface area contributed by atoms with E-state index in [0.29, 0.717) is 16.4 Å². The van der Waals surface area contributed by atoms with Crippen LogP contribution in [-0.2, 0) is 4.74 Å². The van der Waals surface area contributed by atoms with Crippen molar-refractivity contribution in [2.75, 3.05) is 18.6 Å². The van der Waals surface area contributed by atoms with Crippen molar-refractivity contribution in [2.24, 2.45) is 0 Å². The van der Waals surface area contributed by atoms with Crippen LogP contribution >= 0.6 is 11.6 Å². The van der Waals surface area contributed by atoms with Gasteiger partial charge in [-0.25, -0.2) is 4.79 Å². The number of rotatable bonds is 2. The summed E-state index contributed by atoms with van der Waals surface area (Å²) < 4.78 is 6.13. The fraction of sp³-hybridized carbons (Fsp3) is 0.0769. The molecule has 20 heavy (non-hydrogen) atoms. The molecule has 0 aliphatic heterocycles. The molecule has 102 valence electrons. The molecule has 0 aliphatic rings. The molecule has 0 unspecified atom stereocenters. The van der Waals surface area contributed by atoms with E-state index in [0.717, 1.165) is 0 Å². The molecular formula is C13H11ClN4O2. The van der Waals surface area contributed by atoms with Gasteiger partial charge in [-0.05, 0) is 18.2 Å². The van der Waals surface area contributed by atoms with Gasteiger partial charge in [-0.1, -0.05) is 11.6 Å². The monoisotopic (exact) mass is 290 g/mol. The van der Waals surface area contributed by atoms with Gasteiger partial charge in [-0.2, -0.15) is 5.26 Å². The van der Waals surface area contributed by atoms with Crippen molar-refractivity contribution < 1.29 is 9.53 Å². The lowest BCUT2D eigenvalue weighted by Gasteiger charge is -2.09. The fourth-order valence-corrected chi connectivity index (χ4v) is 1.96. The molecule has 0 radical (unpaired) electrons. The number of anilines is 2. The highest BCUT2D eigenvalue weighted by atomic mass is 35.5. The van der Waals surface area contributed by atoms with Crippen LogP contribution in [0, 0.1) is 11.3 Å². The molecule has 4 N–H and O–H groups in total. The number of ether oxygens (including phenoxy) is 1. The second-order valence-corrected chi connectivity index (χ2v) is 4.39. The standard InChI is InChI=1S/C13H11ClN4O2/c1-20-13(19)12-11(17)7(5-15)6-18(12)8-2-3-10(16)9(14)4-8/h2-4,6H,16-17H2,1H3. The first-order chi connectivity index (χ1) is 9.49. The van der Waals surface area contributed by atoms with Crippen LogP contribution in [0.25, 0.3) is 5.69 Å². The maximum Gasteiger partial charge on any atom is 0.357 e. The van der Waals surface area contributed by atoms with E-state index in [1.807, 2.05) is 6.07 Å². The summed E-state index contributed by atoms with van der Waals surface area (Å²) in [5.74, 6) is -0.642. The summed E-state index contributed by atoms with van der Waals surface area (Å²) in [6, 6.07) is 6.75. The van der Waals surface area contributed by atoms with Crippen molar-refractivity contribution in [2.45, 2.75) is 0 Å². The van der Waals surface area contributed by atoms with Gasteiger partial charge in [0.2, 0.25) is 0 Å². The lowest BCUT2D eigenvalue weighted by atomic mass is 10.2. The zero-order chi connectivity index (χ0) is 14.9. The van der Waals surface area contributed by atoms with Crippen molar-refractivity contribution in [1.82, 2.24) is 4.57 Å². The smallest absolute Gasteiger partial charge is 0.357 e. The van der Waals surface area contributed by atoms with E-state index in [9.17, 15) is 4.79 Å². The van der Waals surface area contributed by atoms with Gasteiger partial charge in [0.15, 0.2) is 5.69 Å². The molecule has 0 saturated carbocycles. The van der Waals surface area contributed by atoms with Gasteiger partial charge in [0.25, 0.3) is 0 Å². The first-order valence-electron chi connectivity index (χ1n) is 5.54. The minimum absolute atomic E-state index is 0.0623. The topological polar surface area (TPSA) is 107 Å². The zero-order valence-electron chi connectivity index (χ0n) is 10.6. The summed E-state index contributed by atoms with van der Waals surface area (Å²) in [4.78, 5) is 11.8. The molecule has 0 aliphatic carbocycles. The Balaban J connectivity index is 2.70. The number of nitrogens with two attached hydrogens (primary N) is 2. The molecule has 0 spiro atoms. The number of carbonyl (C=O) groups is 1. The van der Waals surface area contributed by atoms with Crippen LogP contribution in [0.1, 0.15) is 16.1 Å². The Morgan fingerprint density at radius 2 is 2.15 bits per heavy atom. The van der Waals surface area contributed by atoms with Gasteiger partial charge in [-0.15, -0.1) is 0 Å². The van der Waals surface area contributed by atoms with E-state index < -0.39 is 5.97 Å². The molecule has 0 saturated heterocycles. The van der Waals surface area contributed by atoms with Crippen LogP contribution < -0.4 is 11.5 Å². The van der Waals surface area contributed by atoms with Crippen LogP contribution in [0.2, 0.25) is 5.02 Å². The Bertz CT molecular complexity index is 731. The molecule has 6 nitrogen and oxygen atoms in total. The van der Waals surface area contributed by atoms with E-state index >= 15 is 0 Å². The summed E-state index contributed by atoms with van der Waals surface area (Å²) in [7, 11) is 1.24. The first kappa shape index (κ1) is 13.8. The molecule has 0 atom stereocenters. The average molecular weight is 291 g/mol. The van der Waals surface area contributed by atoms with E-state index in [4.69, 9.17) is 28.3 Å². The number of halogens is 1. The molecule has 7 heteroatoms. The fourth-order valence-electron chi connectivity index (χ4n) is 1.78. The van der Waals surface area contributed by atoms with E-state index in [1.54, 1.807) is 18.2 Å². The van der Waals surface area contributed by atoms with Crippen molar-refractivity contribution in [1.29, 1.82) is 5.26 Å². The average Bonchev–Trinajstić information content (AvgIpc) is 2.78. The van der Waals surface area contributed by atoms with Crippen LogP contribution in [0.3, 0.4) is 0 Å². The molecule has 0 amide bonds. The van der Waals surface area contributed by atoms with Gasteiger partial charge in [0, 0.05) is 11.9 Å². The van der Waals surface area contributed by atoms with Gasteiger partial charge in [0.1, 0.15) is 6.07 Å². The highest BCUT2D eigenvalue weighted by molar-refractivity contribution is 6.33. The number of aromatic nitrogens is 1. The number of nitriles is 1. The van der Waals surface area contributed by atoms with Gasteiger partial charge < -0.3 is 20.8 Å². The summed E-state index contributed by atoms with van der Waals surface area (Å²) in [6.07, 6.45) is 1.45. The quantitative estimate of drug-likeness (QED) is 0.649. The van der Waals surface area contributed by atoms with Crippen molar-refractivity contribution >= 4 is 28.9 Å². The lowest BCUT2D eigenvalue weighted by Crippen LogP contribution is -2.11. The number of hydrogen-bond acceptors (Lipinski definition) is 5. The zero-order valence-corrected chi connectivity index (χ0v) is 11.3. The molecule has 1 aromatic heterocycles. The summed E-state index contributed by atoms with van der Waals surface area (Å²) in [5, 5.41) is 9.35. The maximum atomic E-state index is 11.8. The van der Waals surface area contributed by atoms with E-state index in [-0.39, 0.29) is 16.9 Å². The Morgan fingerprint density at radius 1 is 1.45 bits per heavy atom. The number of esters is 1. The molecule has 2 rings (SSSR count). The number of benzene rings is 1. The lowest BCUT2D eigenvalue weighted by molar-refractivity contribution is 0.0593. The van der Waals surface area contributed by atoms with Gasteiger partial charge in [0.05, 0.1) is 29.1 Å². The molecule has 1 heterocycles. The minimum atomic E-state index is -0.642. The number of methoxy groups -OCH3 is 1. The number of hydrogen-bond donors (Lipinski definition) is 2. The van der Waals surface area contributed by atoms with Crippen LogP contribution in [0.4, 0.5) is 11.4 Å². The third-order valence-electron chi connectivity index (χ3n) is 2.81. The minimum Gasteiger partial charge on any atom is -0.464 e. The second kappa shape index (κ2) is 5.15. The maximum absolute atomic E-state index is 11.8. The van der Waals surface area contributed by atoms with E-state index in [1.165, 1.54) is 17.9 Å². The SMILES string of the molecule is COC(=O)c1c(N)c(C#N)cn1-c1ccc(N)c(Cl)c1. The van der Waals surface area contributed by atoms with Gasteiger partial charge in [-0.3, -0.25) is 0 Å². The molecule has 0 fully saturated rings. The summed E-state index contributed by atoms with van der Waals surface area (Å²) >= 11 is 5.96. The Morgan fingerprint density at radius 3 is 2.70 bits per heavy atom. The summed E-state index contributed by atoms with van der Waals surface area (Å²) in [6.45, 7) is 0. The normalized spacial score (nSPS) is 10.1. The predicted octanol–water partition coefficient (Wildman–Crippen LogP) is 1.95. The largest absolute Gasteiger partial charge is 0.464 e. The van der Waals surface area contributed by atoms with Crippen LogP contribution in [-0.4, -0.2) is 17.6 Å². The second-order valence-electron chi connectivity index (χ2n) is 3.98. The molecule has 2 aromatic rings. The van der Waals surface area contributed by atoms with Crippen molar-refractivity contribution in [3.63, 3.8) is 0 Å². The number of nitrogen functional groups attached to an aromatic ring is 2. The van der Waals surface area contributed by atoms with Crippen molar-refractivity contribution in [3.05, 3.63) is 40.7 Å². The number of carbonyl (C=O) groups excluding carboxylic acids is 1. The Kier molecular flexibility index (Phi) is 3.55.